The van der Waals surface area contributed by atoms with E-state index in [4.69, 9.17) is 25.4 Å². The number of aromatic nitrogens is 20. The van der Waals surface area contributed by atoms with Crippen LogP contribution in [-0.2, 0) is 42.3 Å². The molecule has 3 aliphatic carbocycles. The van der Waals surface area contributed by atoms with Crippen LogP contribution < -0.4 is 69.5 Å². The zero-order valence-corrected chi connectivity index (χ0v) is 80.2. The van der Waals surface area contributed by atoms with Crippen LogP contribution in [0.5, 0.6) is 0 Å². The van der Waals surface area contributed by atoms with Crippen molar-refractivity contribution < 1.29 is 14.6 Å². The standard InChI is InChI=1S/C21H25BrN6O2.C19H23BrN6O.C18H22BrN7.2C16H18BrN7/c1-2-30-21(29)15-7-3-4-8-17(15)26-18-10-19(24-12-14-6-5-9-23-11-14)28-20(27-18)16(22)13-25-28;20-15-11-23-26-18(22-10-13-4-3-7-21-9-13)8-17(25-19(15)26)24-16-6-2-1-5-14(16)12-27;19-15-11-23-26-17(22-10-12-2-1-7-21-9-12)8-16(25-18(15)26)24-14-5-3-13(20)4-6-14;2*17-13-10-21-24-15(20-8-11-2-1-4-18-7-11)6-14(23-16(13)24)22-12-3-5-19-9-12/h5-6,9-11,13,15,17,24H,2-4,7-8,12H2,1H3,(H,26,27);3-4,7-9,11,14,16,22,27H,1-2,5-6,10,12H2,(H,24,25);1-2,7-9,11,13-14,22H,3-6,10,20H2,(H,24,25);2*1-2,4,6-7,10,12,19-20H,3,5,8-9H2,(H,22,23)/t15-,17?;14-,16+;;2*12-/m00.10/s1. The van der Waals surface area contributed by atoms with Crippen molar-refractivity contribution in [2.75, 3.05) is 92.6 Å². The predicted molar refractivity (Wildman–Crippen MR) is 527 cm³/mol. The maximum absolute atomic E-state index is 12.4. The highest BCUT2D eigenvalue weighted by Crippen LogP contribution is 2.35. The number of anilines is 10. The summed E-state index contributed by atoms with van der Waals surface area (Å²) in [6.07, 6.45) is 41.7. The molecular weight excluding hydrogens is 1990 g/mol. The zero-order valence-electron chi connectivity index (χ0n) is 72.3. The Bertz CT molecular complexity index is 6020. The van der Waals surface area contributed by atoms with Gasteiger partial charge in [0.05, 0.1) is 65.9 Å². The average Bonchev–Trinajstić information content (AvgIpc) is 1.69. The normalized spacial score (nSPS) is 18.8. The number of hydrogen-bond acceptors (Lipinski definition) is 31. The summed E-state index contributed by atoms with van der Waals surface area (Å²) in [5.41, 5.74) is 15.3. The molecule has 0 radical (unpaired) electrons. The topological polar surface area (TPSA) is 432 Å². The summed E-state index contributed by atoms with van der Waals surface area (Å²) in [5, 5.41) is 73.2. The summed E-state index contributed by atoms with van der Waals surface area (Å²) < 4.78 is 18.5. The lowest BCUT2D eigenvalue weighted by Gasteiger charge is -2.31. The van der Waals surface area contributed by atoms with Crippen molar-refractivity contribution in [2.24, 2.45) is 17.6 Å². The molecule has 2 aliphatic heterocycles. The van der Waals surface area contributed by atoms with Gasteiger partial charge in [-0.3, -0.25) is 29.7 Å². The molecule has 2 saturated heterocycles. The van der Waals surface area contributed by atoms with E-state index < -0.39 is 0 Å². The number of nitrogens with two attached hydrogens (primary N) is 1. The van der Waals surface area contributed by atoms with Gasteiger partial charge in [0.25, 0.3) is 0 Å². The number of aliphatic hydroxyl groups excluding tert-OH is 1. The molecule has 5 fully saturated rings. The highest BCUT2D eigenvalue weighted by atomic mass is 79.9. The van der Waals surface area contributed by atoms with E-state index in [0.29, 0.717) is 75.0 Å². The van der Waals surface area contributed by atoms with Crippen LogP contribution in [0, 0.1) is 11.8 Å². The molecule has 41 heteroatoms. The quantitative estimate of drug-likeness (QED) is 0.0203. The SMILES string of the molecule is Brc1cnn2c(NCc3cccnc3)cc(N[C@@H]3CCNC3)nc12.Brc1cnn2c(NCc3cccnc3)cc(N[C@H]3CCNC3)nc12.CCOC(=O)[C@H]1CCCCC1Nc1cc(NCc2cccnc2)n2ncc(Br)c2n1.NC1CCC(Nc2cc(NCc3cccnc3)n3ncc(Br)c3n2)CC1.OC[C@@H]1CCCC[C@H]1Nc1cc(NCc2cccnc2)n2ncc(Br)c2n1. The Morgan fingerprint density at radius 1 is 0.397 bits per heavy atom. The average molecular weight is 2100 g/mol. The zero-order chi connectivity index (χ0) is 90.2. The fraction of sp³-hybridized carbons (Fsp3) is 0.378. The van der Waals surface area contributed by atoms with Crippen LogP contribution >= 0.6 is 79.6 Å². The third-order valence-corrected chi connectivity index (χ3v) is 26.0. The molecule has 15 aromatic heterocycles. The third-order valence-electron chi connectivity index (χ3n) is 23.2. The molecule has 3 saturated carbocycles. The minimum absolute atomic E-state index is 0.000574. The monoisotopic (exact) mass is 2090 g/mol. The van der Waals surface area contributed by atoms with Crippen LogP contribution in [0.15, 0.2) is 206 Å². The molecule has 684 valence electrons. The number of ether oxygens (including phenoxy) is 1. The van der Waals surface area contributed by atoms with Gasteiger partial charge in [-0.05, 0) is 222 Å². The maximum Gasteiger partial charge on any atom is 0.311 e. The van der Waals surface area contributed by atoms with Crippen molar-refractivity contribution in [1.29, 1.82) is 0 Å². The highest BCUT2D eigenvalue weighted by Gasteiger charge is 2.33. The second-order valence-corrected chi connectivity index (χ2v) is 36.9. The lowest BCUT2D eigenvalue weighted by atomic mass is 9.84. The van der Waals surface area contributed by atoms with Crippen molar-refractivity contribution in [1.82, 2.24) is 109 Å². The Morgan fingerprint density at radius 2 is 0.702 bits per heavy atom. The summed E-state index contributed by atoms with van der Waals surface area (Å²) in [6.45, 7) is 9.75. The lowest BCUT2D eigenvalue weighted by Crippen LogP contribution is -2.38. The van der Waals surface area contributed by atoms with Gasteiger partial charge in [-0.15, -0.1) is 0 Å². The van der Waals surface area contributed by atoms with E-state index in [0.717, 1.165) is 228 Å². The van der Waals surface area contributed by atoms with Crippen molar-refractivity contribution in [3.05, 3.63) is 234 Å². The molecule has 0 bridgehead atoms. The van der Waals surface area contributed by atoms with Gasteiger partial charge in [-0.1, -0.05) is 56.0 Å². The number of pyridine rings is 5. The van der Waals surface area contributed by atoms with Crippen molar-refractivity contribution in [3.63, 3.8) is 0 Å². The van der Waals surface area contributed by atoms with Crippen LogP contribution in [-0.4, -0.2) is 185 Å². The van der Waals surface area contributed by atoms with Gasteiger partial charge >= 0.3 is 5.97 Å². The van der Waals surface area contributed by atoms with E-state index in [1.54, 1.807) is 80.0 Å². The number of halogens is 5. The summed E-state index contributed by atoms with van der Waals surface area (Å²) in [6, 6.07) is 31.6. The van der Waals surface area contributed by atoms with E-state index >= 15 is 0 Å². The number of rotatable bonds is 28. The third kappa shape index (κ3) is 25.1. The Hall–Kier alpha value is -11.4. The van der Waals surface area contributed by atoms with Crippen molar-refractivity contribution in [2.45, 2.75) is 166 Å². The minimum Gasteiger partial charge on any atom is -0.466 e. The molecule has 17 heterocycles. The van der Waals surface area contributed by atoms with Gasteiger partial charge in [0.15, 0.2) is 28.2 Å². The van der Waals surface area contributed by atoms with Gasteiger partial charge in [0, 0.05) is 187 Å². The molecule has 15 N–H and O–H groups in total. The molecule has 1 unspecified atom stereocenters. The minimum atomic E-state index is -0.156. The second-order valence-electron chi connectivity index (χ2n) is 32.6. The number of carbonyl (C=O) groups is 1. The summed E-state index contributed by atoms with van der Waals surface area (Å²) >= 11 is 17.6. The molecule has 36 nitrogen and oxygen atoms in total. The first-order valence-electron chi connectivity index (χ1n) is 44.3. The number of esters is 1. The summed E-state index contributed by atoms with van der Waals surface area (Å²) in [4.78, 5) is 56.7. The number of fused-ring (bicyclic) bond motifs is 5. The summed E-state index contributed by atoms with van der Waals surface area (Å²) in [7, 11) is 0. The molecule has 15 aromatic rings. The van der Waals surface area contributed by atoms with Crippen LogP contribution in [0.3, 0.4) is 0 Å². The van der Waals surface area contributed by atoms with Gasteiger partial charge in [0.2, 0.25) is 0 Å². The molecule has 20 rings (SSSR count). The summed E-state index contributed by atoms with van der Waals surface area (Å²) in [5.74, 6) is 8.39. The second kappa shape index (κ2) is 46.1. The number of nitrogens with zero attached hydrogens (tertiary/aromatic N) is 20. The molecule has 6 atom stereocenters. The van der Waals surface area contributed by atoms with Gasteiger partial charge in [-0.25, -0.2) is 24.9 Å². The number of nitrogens with one attached hydrogen (secondary N) is 12. The molecule has 131 heavy (non-hydrogen) atoms. The fourth-order valence-corrected chi connectivity index (χ4v) is 18.2. The van der Waals surface area contributed by atoms with Crippen molar-refractivity contribution in [3.8, 4) is 0 Å². The van der Waals surface area contributed by atoms with E-state index in [2.05, 4.69) is 204 Å². The van der Waals surface area contributed by atoms with Gasteiger partial charge in [0.1, 0.15) is 58.2 Å². The predicted octanol–water partition coefficient (Wildman–Crippen LogP) is 15.2. The van der Waals surface area contributed by atoms with E-state index in [1.165, 1.54) is 12.8 Å². The first kappa shape index (κ1) is 92.8. The molecule has 0 spiro atoms. The Kier molecular flexibility index (Phi) is 32.7. The van der Waals surface area contributed by atoms with Crippen LogP contribution in [0.25, 0.3) is 28.2 Å². The van der Waals surface area contributed by atoms with E-state index in [9.17, 15) is 9.90 Å². The Balaban J connectivity index is 0.000000120. The largest absolute Gasteiger partial charge is 0.466 e. The molecule has 5 aliphatic rings. The Labute approximate surface area is 799 Å². The van der Waals surface area contributed by atoms with Crippen LogP contribution in [0.1, 0.15) is 125 Å². The number of hydrogen-bond donors (Lipinski definition) is 14. The van der Waals surface area contributed by atoms with Crippen molar-refractivity contribution >= 4 is 172 Å². The molecular formula is C90H106Br5N33O3. The first-order chi connectivity index (χ1) is 64.2. The maximum atomic E-state index is 12.4. The van der Waals surface area contributed by atoms with Crippen LogP contribution in [0.4, 0.5) is 58.2 Å². The van der Waals surface area contributed by atoms with Gasteiger partial charge < -0.3 is 79.4 Å². The Morgan fingerprint density at radius 3 is 1.01 bits per heavy atom. The number of carbonyl (C=O) groups excluding carboxylic acids is 1. The first-order valence-corrected chi connectivity index (χ1v) is 48.3. The van der Waals surface area contributed by atoms with E-state index in [-0.39, 0.29) is 36.5 Å². The lowest BCUT2D eigenvalue weighted by molar-refractivity contribution is -0.149. The fourth-order valence-electron chi connectivity index (χ4n) is 16.4. The van der Waals surface area contributed by atoms with Crippen LogP contribution in [0.2, 0.25) is 0 Å². The molecule has 0 aromatic carbocycles. The molecule has 0 amide bonds. The van der Waals surface area contributed by atoms with Gasteiger partial charge in [-0.2, -0.15) is 48.1 Å². The smallest absolute Gasteiger partial charge is 0.311 e. The number of aliphatic hydroxyl groups is 1. The highest BCUT2D eigenvalue weighted by molar-refractivity contribution is 9.11. The van der Waals surface area contributed by atoms with E-state index in [1.807, 2.05) is 133 Å².